The summed E-state index contributed by atoms with van der Waals surface area (Å²) in [5.41, 5.74) is 3.63. The average Bonchev–Trinajstić information content (AvgIpc) is 3.29. The van der Waals surface area contributed by atoms with Gasteiger partial charge in [0, 0.05) is 60.0 Å². The molecule has 1 N–H and O–H groups in total. The molecule has 1 saturated heterocycles. The van der Waals surface area contributed by atoms with Crippen LogP contribution in [0.2, 0.25) is 0 Å². The number of benzene rings is 2. The number of ether oxygens (including phenoxy) is 3. The second kappa shape index (κ2) is 11.8. The van der Waals surface area contributed by atoms with Gasteiger partial charge in [-0.15, -0.1) is 12.4 Å². The van der Waals surface area contributed by atoms with Crippen LogP contribution in [0, 0.1) is 0 Å². The number of nitrogens with one attached hydrogen (secondary N) is 1. The van der Waals surface area contributed by atoms with Crippen molar-refractivity contribution in [2.75, 3.05) is 52.8 Å². The zero-order chi connectivity index (χ0) is 23.3. The van der Waals surface area contributed by atoms with Crippen LogP contribution in [0.15, 0.2) is 42.9 Å². The quantitative estimate of drug-likeness (QED) is 0.247. The summed E-state index contributed by atoms with van der Waals surface area (Å²) in [6.07, 6.45) is 6.39. The number of morpholine rings is 1. The Morgan fingerprint density at radius 3 is 2.74 bits per heavy atom. The smallest absolute Gasteiger partial charge is 0.163 e. The van der Waals surface area contributed by atoms with Crippen molar-refractivity contribution in [1.82, 2.24) is 19.9 Å². The van der Waals surface area contributed by atoms with Gasteiger partial charge in [0.05, 0.1) is 50.2 Å². The molecular weight excluding hydrogens is 488 g/mol. The van der Waals surface area contributed by atoms with Gasteiger partial charge >= 0.3 is 0 Å². The first kappa shape index (κ1) is 25.4. The van der Waals surface area contributed by atoms with Crippen LogP contribution in [0.3, 0.4) is 0 Å². The fourth-order valence-corrected chi connectivity index (χ4v) is 4.59. The molecule has 0 atom stereocenters. The van der Waals surface area contributed by atoms with Crippen molar-refractivity contribution in [3.63, 3.8) is 0 Å². The number of rotatable bonds is 9. The summed E-state index contributed by atoms with van der Waals surface area (Å²) >= 11 is 1.32. The maximum Gasteiger partial charge on any atom is 0.163 e. The van der Waals surface area contributed by atoms with Gasteiger partial charge in [-0.05, 0) is 30.7 Å². The molecule has 35 heavy (non-hydrogen) atoms. The van der Waals surface area contributed by atoms with Crippen molar-refractivity contribution >= 4 is 46.3 Å². The third-order valence-electron chi connectivity index (χ3n) is 5.99. The highest BCUT2D eigenvalue weighted by molar-refractivity contribution is 7.94. The Hall–Kier alpha value is -2.72. The maximum atomic E-state index is 6.10. The van der Waals surface area contributed by atoms with Crippen molar-refractivity contribution in [2.24, 2.45) is 0 Å². The van der Waals surface area contributed by atoms with E-state index in [0.29, 0.717) is 18.1 Å². The highest BCUT2D eigenvalue weighted by Gasteiger charge is 2.16. The molecule has 3 heterocycles. The topological polar surface area (TPSA) is 81.7 Å². The third-order valence-corrected chi connectivity index (χ3v) is 6.35. The molecule has 0 amide bonds. The fourth-order valence-electron chi connectivity index (χ4n) is 4.29. The van der Waals surface area contributed by atoms with E-state index < -0.39 is 0 Å². The molecule has 186 valence electrons. The molecule has 0 spiro atoms. The van der Waals surface area contributed by atoms with E-state index in [0.717, 1.165) is 78.1 Å². The zero-order valence-corrected chi connectivity index (χ0v) is 21.4. The van der Waals surface area contributed by atoms with Crippen LogP contribution in [0.5, 0.6) is 17.2 Å². The van der Waals surface area contributed by atoms with Crippen molar-refractivity contribution in [3.8, 4) is 28.5 Å². The lowest BCUT2D eigenvalue weighted by Crippen LogP contribution is -2.37. The maximum absolute atomic E-state index is 6.10. The van der Waals surface area contributed by atoms with E-state index in [9.17, 15) is 0 Å². The predicted octanol–water partition coefficient (Wildman–Crippen LogP) is 4.97. The predicted molar refractivity (Wildman–Crippen MR) is 142 cm³/mol. The van der Waals surface area contributed by atoms with E-state index in [1.165, 1.54) is 12.0 Å². The first-order valence-electron chi connectivity index (χ1n) is 11.3. The molecule has 0 bridgehead atoms. The molecular formula is C25H29ClN4O4S. The summed E-state index contributed by atoms with van der Waals surface area (Å²) in [6.45, 7) is 5.19. The number of hydrogen-bond donors (Lipinski definition) is 1. The number of H-pyrrole nitrogens is 1. The minimum atomic E-state index is 0. The van der Waals surface area contributed by atoms with Crippen LogP contribution in [-0.4, -0.2) is 72.7 Å². The summed E-state index contributed by atoms with van der Waals surface area (Å²) in [7, 11) is 1.66. The van der Waals surface area contributed by atoms with E-state index in [1.54, 1.807) is 13.4 Å². The summed E-state index contributed by atoms with van der Waals surface area (Å²) in [6, 6.07) is 9.88. The Kier molecular flexibility index (Phi) is 8.56. The van der Waals surface area contributed by atoms with Gasteiger partial charge in [0.25, 0.3) is 0 Å². The third kappa shape index (κ3) is 5.59. The van der Waals surface area contributed by atoms with Crippen LogP contribution in [-0.2, 0) is 4.74 Å². The monoisotopic (exact) mass is 516 g/mol. The Labute approximate surface area is 214 Å². The van der Waals surface area contributed by atoms with Crippen molar-refractivity contribution in [2.45, 2.75) is 6.42 Å². The second-order valence-corrected chi connectivity index (χ2v) is 8.56. The molecule has 4 aromatic rings. The molecule has 1 fully saturated rings. The summed E-state index contributed by atoms with van der Waals surface area (Å²) in [5, 5.41) is 1.94. The molecule has 0 radical (unpaired) electrons. The van der Waals surface area contributed by atoms with Gasteiger partial charge in [0.1, 0.15) is 12.1 Å². The van der Waals surface area contributed by atoms with Crippen LogP contribution < -0.4 is 13.7 Å². The van der Waals surface area contributed by atoms with E-state index in [4.69, 9.17) is 18.4 Å². The van der Waals surface area contributed by atoms with E-state index in [1.807, 2.05) is 42.8 Å². The Morgan fingerprint density at radius 2 is 1.94 bits per heavy atom. The van der Waals surface area contributed by atoms with Crippen molar-refractivity contribution < 1.29 is 18.4 Å². The normalized spacial score (nSPS) is 14.1. The van der Waals surface area contributed by atoms with Crippen LogP contribution in [0.1, 0.15) is 6.42 Å². The highest BCUT2D eigenvalue weighted by Crippen LogP contribution is 2.38. The highest BCUT2D eigenvalue weighted by atomic mass is 35.5. The van der Waals surface area contributed by atoms with Gasteiger partial charge in [0.15, 0.2) is 11.5 Å². The van der Waals surface area contributed by atoms with Crippen LogP contribution in [0.4, 0.5) is 0 Å². The van der Waals surface area contributed by atoms with Gasteiger partial charge < -0.3 is 23.4 Å². The second-order valence-electron chi connectivity index (χ2n) is 8.06. The Bertz CT molecular complexity index is 1280. The minimum absolute atomic E-state index is 0. The molecule has 0 unspecified atom stereocenters. The van der Waals surface area contributed by atoms with Gasteiger partial charge in [-0.1, -0.05) is 0 Å². The van der Waals surface area contributed by atoms with E-state index >= 15 is 0 Å². The Balaban J connectivity index is 0.00000289. The van der Waals surface area contributed by atoms with Crippen LogP contribution in [0.25, 0.3) is 33.1 Å². The van der Waals surface area contributed by atoms with Gasteiger partial charge in [0.2, 0.25) is 0 Å². The Morgan fingerprint density at radius 1 is 1.09 bits per heavy atom. The van der Waals surface area contributed by atoms with Gasteiger partial charge in [-0.3, -0.25) is 4.90 Å². The van der Waals surface area contributed by atoms with Crippen LogP contribution >= 0.6 is 24.4 Å². The molecule has 1 aliphatic heterocycles. The first-order valence-corrected chi connectivity index (χ1v) is 12.5. The zero-order valence-electron chi connectivity index (χ0n) is 19.8. The van der Waals surface area contributed by atoms with Gasteiger partial charge in [-0.25, -0.2) is 9.97 Å². The van der Waals surface area contributed by atoms with E-state index in [2.05, 4.69) is 19.9 Å². The number of hydrogen-bond acceptors (Lipinski definition) is 8. The molecule has 8 nitrogen and oxygen atoms in total. The number of fused-ring (bicyclic) bond motifs is 2. The SMILES string of the molecule is COc1cc2c(-c3c[nH]c4ccc(OSC)cc34)ncnc2cc1OCCCN1CCOCC1.Cl. The van der Waals surface area contributed by atoms with Crippen molar-refractivity contribution in [1.29, 1.82) is 0 Å². The first-order chi connectivity index (χ1) is 16.8. The number of methoxy groups -OCH3 is 1. The lowest BCUT2D eigenvalue weighted by Gasteiger charge is -2.26. The number of nitrogens with zero attached hydrogens (tertiary/aromatic N) is 3. The molecule has 0 saturated carbocycles. The van der Waals surface area contributed by atoms with Gasteiger partial charge in [-0.2, -0.15) is 0 Å². The standard InChI is InChI=1S/C25H28N4O4S.ClH/c1-30-23-13-19-22(14-24(23)32-9-3-6-29-7-10-31-11-8-29)27-16-28-25(19)20-15-26-21-5-4-17(33-34-2)12-18(20)21;/h4-5,12-16,26H,3,6-11H2,1-2H3;1H. The largest absolute Gasteiger partial charge is 0.493 e. The summed E-state index contributed by atoms with van der Waals surface area (Å²) < 4.78 is 22.8. The minimum Gasteiger partial charge on any atom is -0.493 e. The molecule has 2 aromatic carbocycles. The number of aromatic amines is 1. The fraction of sp³-hybridized carbons (Fsp3) is 0.360. The van der Waals surface area contributed by atoms with E-state index in [-0.39, 0.29) is 12.4 Å². The number of halogens is 1. The van der Waals surface area contributed by atoms with Crippen molar-refractivity contribution in [3.05, 3.63) is 42.9 Å². The molecule has 1 aliphatic rings. The molecule has 5 rings (SSSR count). The molecule has 0 aliphatic carbocycles. The lowest BCUT2D eigenvalue weighted by atomic mass is 10.0. The lowest BCUT2D eigenvalue weighted by molar-refractivity contribution is 0.0357. The number of aromatic nitrogens is 3. The summed E-state index contributed by atoms with van der Waals surface area (Å²) in [4.78, 5) is 14.9. The molecule has 10 heteroatoms. The molecule has 2 aromatic heterocycles. The average molecular weight is 517 g/mol. The summed E-state index contributed by atoms with van der Waals surface area (Å²) in [5.74, 6) is 2.15.